The van der Waals surface area contributed by atoms with Crippen LogP contribution in [0.4, 0.5) is 0 Å². The number of hydrogen-bond acceptors (Lipinski definition) is 2. The van der Waals surface area contributed by atoms with Crippen molar-refractivity contribution in [3.05, 3.63) is 71.8 Å². The van der Waals surface area contributed by atoms with Crippen molar-refractivity contribution in [2.45, 2.75) is 35.9 Å². The Morgan fingerprint density at radius 3 is 1.92 bits per heavy atom. The summed E-state index contributed by atoms with van der Waals surface area (Å²) in [5.74, 6) is -0.441. The molecule has 0 saturated carbocycles. The maximum atomic E-state index is 12.9. The van der Waals surface area contributed by atoms with Crippen LogP contribution in [0.5, 0.6) is 0 Å². The molecule has 2 aromatic rings. The van der Waals surface area contributed by atoms with Crippen molar-refractivity contribution in [2.24, 2.45) is 0 Å². The second kappa shape index (κ2) is 8.00. The third kappa shape index (κ3) is 4.91. The lowest BCUT2D eigenvalue weighted by atomic mass is 9.97. The van der Waals surface area contributed by atoms with Gasteiger partial charge in [0, 0.05) is 5.56 Å². The first-order valence-electron chi connectivity index (χ1n) is 7.84. The zero-order valence-electron chi connectivity index (χ0n) is 14.3. The third-order valence-electron chi connectivity index (χ3n) is 3.62. The third-order valence-corrected chi connectivity index (χ3v) is 5.96. The average Bonchev–Trinajstić information content (AvgIpc) is 2.59. The molecule has 134 valence electrons. The van der Waals surface area contributed by atoms with Crippen LogP contribution in [-0.4, -0.2) is 19.1 Å². The van der Waals surface area contributed by atoms with E-state index >= 15 is 0 Å². The molecule has 0 aromatic heterocycles. The van der Waals surface area contributed by atoms with Crippen molar-refractivity contribution in [1.82, 2.24) is 4.72 Å². The first-order valence-corrected chi connectivity index (χ1v) is 9.75. The van der Waals surface area contributed by atoms with Crippen LogP contribution in [0.3, 0.4) is 0 Å². The van der Waals surface area contributed by atoms with Crippen molar-refractivity contribution < 1.29 is 9.00 Å². The molecule has 0 aliphatic heterocycles. The summed E-state index contributed by atoms with van der Waals surface area (Å²) in [5, 5.41) is 0. The van der Waals surface area contributed by atoms with Gasteiger partial charge in [-0.2, -0.15) is 0 Å². The summed E-state index contributed by atoms with van der Waals surface area (Å²) in [6, 6.07) is 16.9. The van der Waals surface area contributed by atoms with E-state index < -0.39 is 31.9 Å². The minimum atomic E-state index is -1.82. The fourth-order valence-electron chi connectivity index (χ4n) is 2.19. The molecule has 0 spiro atoms. The van der Waals surface area contributed by atoms with E-state index in [9.17, 15) is 9.00 Å². The fraction of sp³-hybridized carbons (Fsp3) is 0.316. The fourth-order valence-corrected chi connectivity index (χ4v) is 3.78. The number of rotatable bonds is 6. The molecule has 0 fully saturated rings. The lowest BCUT2D eigenvalue weighted by molar-refractivity contribution is 0.0960. The number of carbonyl (C=O) groups excluding carboxylic acids is 1. The first-order chi connectivity index (χ1) is 11.6. The molecule has 0 heterocycles. The number of hydrogen-bond donors (Lipinski definition) is 1. The predicted molar refractivity (Wildman–Crippen MR) is 105 cm³/mol. The summed E-state index contributed by atoms with van der Waals surface area (Å²) in [6.07, 6.45) is 0. The molecule has 0 aliphatic rings. The second-order valence-corrected chi connectivity index (χ2v) is 10.0. The Balaban J connectivity index is 2.43. The summed E-state index contributed by atoms with van der Waals surface area (Å²) in [4.78, 5) is 12.9. The molecule has 0 bridgehead atoms. The summed E-state index contributed by atoms with van der Waals surface area (Å²) >= 11 is 13.1. The highest BCUT2D eigenvalue weighted by molar-refractivity contribution is 7.84. The van der Waals surface area contributed by atoms with Crippen LogP contribution in [0.1, 0.15) is 42.7 Å². The van der Waals surface area contributed by atoms with Crippen LogP contribution < -0.4 is 4.72 Å². The van der Waals surface area contributed by atoms with Crippen LogP contribution in [0, 0.1) is 0 Å². The largest absolute Gasteiger partial charge is 0.291 e. The van der Waals surface area contributed by atoms with E-state index in [1.165, 1.54) is 0 Å². The van der Waals surface area contributed by atoms with Gasteiger partial charge in [0.25, 0.3) is 0 Å². The molecule has 0 amide bonds. The van der Waals surface area contributed by atoms with Gasteiger partial charge < -0.3 is 0 Å². The zero-order valence-corrected chi connectivity index (χ0v) is 16.7. The van der Waals surface area contributed by atoms with Gasteiger partial charge in [0.1, 0.15) is 0 Å². The number of alkyl halides is 2. The summed E-state index contributed by atoms with van der Waals surface area (Å²) in [6.45, 7) is 5.50. The highest BCUT2D eigenvalue weighted by Gasteiger charge is 2.45. The van der Waals surface area contributed by atoms with Gasteiger partial charge >= 0.3 is 0 Å². The molecule has 25 heavy (non-hydrogen) atoms. The predicted octanol–water partition coefficient (Wildman–Crippen LogP) is 4.84. The minimum Gasteiger partial charge on any atom is -0.291 e. The quantitative estimate of drug-likeness (QED) is 0.559. The van der Waals surface area contributed by atoms with Crippen LogP contribution in [0.25, 0.3) is 0 Å². The van der Waals surface area contributed by atoms with Crippen molar-refractivity contribution in [3.63, 3.8) is 0 Å². The molecule has 2 rings (SSSR count). The molecule has 0 unspecified atom stereocenters. The van der Waals surface area contributed by atoms with E-state index in [4.69, 9.17) is 23.2 Å². The number of halogens is 2. The molecular formula is C19H21Cl2NO2S. The van der Waals surface area contributed by atoms with E-state index in [2.05, 4.69) is 4.72 Å². The molecule has 0 aliphatic carbocycles. The number of nitrogens with one attached hydrogen (secondary N) is 1. The monoisotopic (exact) mass is 397 g/mol. The van der Waals surface area contributed by atoms with Crippen molar-refractivity contribution >= 4 is 40.0 Å². The summed E-state index contributed by atoms with van der Waals surface area (Å²) in [5.41, 5.74) is 1.09. The van der Waals surface area contributed by atoms with Gasteiger partial charge in [0.2, 0.25) is 10.1 Å². The zero-order chi connectivity index (χ0) is 18.7. The molecule has 2 atom stereocenters. The summed E-state index contributed by atoms with van der Waals surface area (Å²) < 4.78 is 13.2. The molecule has 6 heteroatoms. The molecule has 2 aromatic carbocycles. The van der Waals surface area contributed by atoms with Crippen LogP contribution in [-0.2, 0) is 11.0 Å². The summed E-state index contributed by atoms with van der Waals surface area (Å²) in [7, 11) is -1.46. The Morgan fingerprint density at radius 1 is 0.960 bits per heavy atom. The van der Waals surface area contributed by atoms with Crippen LogP contribution in [0.2, 0.25) is 0 Å². The van der Waals surface area contributed by atoms with Gasteiger partial charge in [-0.05, 0) is 26.3 Å². The second-order valence-electron chi connectivity index (χ2n) is 6.66. The molecule has 3 nitrogen and oxygen atoms in total. The van der Waals surface area contributed by atoms with Gasteiger partial charge in [0.15, 0.2) is 0 Å². The average molecular weight is 398 g/mol. The van der Waals surface area contributed by atoms with Gasteiger partial charge in [0.05, 0.1) is 21.8 Å². The first kappa shape index (κ1) is 20.1. The Bertz CT molecular complexity index is 743. The number of carbonyl (C=O) groups is 1. The van der Waals surface area contributed by atoms with Gasteiger partial charge in [-0.3, -0.25) is 4.79 Å². The van der Waals surface area contributed by atoms with Crippen molar-refractivity contribution in [2.75, 3.05) is 0 Å². The minimum absolute atomic E-state index is 0.400. The van der Waals surface area contributed by atoms with E-state index in [1.807, 2.05) is 45.0 Å². The number of ketones is 1. The van der Waals surface area contributed by atoms with Crippen LogP contribution in [0.15, 0.2) is 60.7 Å². The van der Waals surface area contributed by atoms with E-state index in [0.29, 0.717) is 11.1 Å². The lowest BCUT2D eigenvalue weighted by Gasteiger charge is -2.32. The van der Waals surface area contributed by atoms with E-state index in [0.717, 1.165) is 0 Å². The maximum Gasteiger partial charge on any atom is 0.200 e. The lowest BCUT2D eigenvalue weighted by Crippen LogP contribution is -2.46. The Morgan fingerprint density at radius 2 is 1.44 bits per heavy atom. The SMILES string of the molecule is CC(C)(C)[S@@](=O)N[C@H](c1ccccc1)C(Cl)(Cl)C(=O)c1ccccc1. The molecule has 0 radical (unpaired) electrons. The van der Waals surface area contributed by atoms with Gasteiger partial charge in [-0.25, -0.2) is 8.93 Å². The van der Waals surface area contributed by atoms with Crippen molar-refractivity contribution in [1.29, 1.82) is 0 Å². The number of Topliss-reactive ketones (excluding diaryl/α,β-unsaturated/α-hetero) is 1. The Kier molecular flexibility index (Phi) is 6.44. The molecular weight excluding hydrogens is 377 g/mol. The van der Waals surface area contributed by atoms with Gasteiger partial charge in [-0.1, -0.05) is 83.9 Å². The Labute approximate surface area is 161 Å². The van der Waals surface area contributed by atoms with Crippen molar-refractivity contribution in [3.8, 4) is 0 Å². The standard InChI is InChI=1S/C19H21Cl2NO2S/c1-18(2,3)25(24)22-16(14-10-6-4-7-11-14)19(20,21)17(23)15-12-8-5-9-13-15/h4-13,16,22H,1-3H3/t16-,25-/m1/s1. The van der Waals surface area contributed by atoms with E-state index in [1.54, 1.807) is 36.4 Å². The van der Waals surface area contributed by atoms with Gasteiger partial charge in [-0.15, -0.1) is 0 Å². The highest BCUT2D eigenvalue weighted by Crippen LogP contribution is 2.39. The Hall–Kier alpha value is -1.20. The molecule has 0 saturated heterocycles. The normalized spacial score (nSPS) is 14.8. The molecule has 1 N–H and O–H groups in total. The van der Waals surface area contributed by atoms with E-state index in [-0.39, 0.29) is 0 Å². The topological polar surface area (TPSA) is 46.2 Å². The maximum absolute atomic E-state index is 12.9. The smallest absolute Gasteiger partial charge is 0.200 e. The van der Waals surface area contributed by atoms with Crippen LogP contribution >= 0.6 is 23.2 Å². The highest BCUT2D eigenvalue weighted by atomic mass is 35.5. The number of benzene rings is 2.